The first-order chi connectivity index (χ1) is 12.6. The normalized spacial score (nSPS) is 27.7. The van der Waals surface area contributed by atoms with E-state index in [0.717, 1.165) is 76.9 Å². The van der Waals surface area contributed by atoms with Gasteiger partial charge in [0.15, 0.2) is 0 Å². The van der Waals surface area contributed by atoms with E-state index in [1.165, 1.54) is 0 Å². The van der Waals surface area contributed by atoms with Crippen LogP contribution in [0.3, 0.4) is 0 Å². The second-order valence-corrected chi connectivity index (χ2v) is 7.76. The first-order valence-corrected chi connectivity index (χ1v) is 10.6. The van der Waals surface area contributed by atoms with Crippen molar-refractivity contribution in [2.45, 2.75) is 102 Å². The predicted molar refractivity (Wildman–Crippen MR) is 107 cm³/mol. The van der Waals surface area contributed by atoms with Gasteiger partial charge in [-0.15, -0.1) is 0 Å². The van der Waals surface area contributed by atoms with Crippen LogP contribution in [0.1, 0.15) is 84.0 Å². The molecule has 0 aromatic rings. The predicted octanol–water partition coefficient (Wildman–Crippen LogP) is 4.64. The van der Waals surface area contributed by atoms with Gasteiger partial charge in [0.1, 0.15) is 0 Å². The summed E-state index contributed by atoms with van der Waals surface area (Å²) in [4.78, 5) is 0. The van der Waals surface area contributed by atoms with Crippen LogP contribution < -0.4 is 0 Å². The summed E-state index contributed by atoms with van der Waals surface area (Å²) in [6.45, 7) is 2.01. The first kappa shape index (κ1) is 23.2. The lowest BCUT2D eigenvalue weighted by molar-refractivity contribution is 0.115. The highest BCUT2D eigenvalue weighted by Gasteiger charge is 2.39. The quantitative estimate of drug-likeness (QED) is 0.204. The fraction of sp³-hybridized carbons (Fsp3) is 0.818. The summed E-state index contributed by atoms with van der Waals surface area (Å²) in [5.41, 5.74) is 0. The molecule has 1 aliphatic carbocycles. The van der Waals surface area contributed by atoms with Gasteiger partial charge in [0.05, 0.1) is 24.6 Å². The number of allylic oxidation sites excluding steroid dienone is 2. The van der Waals surface area contributed by atoms with Crippen molar-refractivity contribution < 1.29 is 20.4 Å². The highest BCUT2D eigenvalue weighted by molar-refractivity contribution is 5.02. The van der Waals surface area contributed by atoms with Crippen molar-refractivity contribution in [1.29, 1.82) is 0 Å². The molecule has 0 heterocycles. The lowest BCUT2D eigenvalue weighted by Crippen LogP contribution is -2.20. The molecule has 0 aromatic heterocycles. The zero-order valence-corrected chi connectivity index (χ0v) is 16.5. The second-order valence-electron chi connectivity index (χ2n) is 7.76. The van der Waals surface area contributed by atoms with Gasteiger partial charge in [-0.3, -0.25) is 0 Å². The van der Waals surface area contributed by atoms with E-state index in [1.807, 2.05) is 6.92 Å². The van der Waals surface area contributed by atoms with Crippen molar-refractivity contribution in [2.75, 3.05) is 0 Å². The summed E-state index contributed by atoms with van der Waals surface area (Å²) >= 11 is 0. The molecular weight excluding hydrogens is 328 g/mol. The van der Waals surface area contributed by atoms with Gasteiger partial charge in [-0.2, -0.15) is 0 Å². The maximum atomic E-state index is 10.3. The van der Waals surface area contributed by atoms with Gasteiger partial charge in [-0.05, 0) is 50.9 Å². The Morgan fingerprint density at radius 3 is 2.31 bits per heavy atom. The number of aliphatic hydroxyl groups excluding tert-OH is 4. The zero-order valence-electron chi connectivity index (χ0n) is 16.5. The van der Waals surface area contributed by atoms with Crippen LogP contribution in [-0.4, -0.2) is 38.7 Å². The van der Waals surface area contributed by atoms with Crippen LogP contribution in [0.2, 0.25) is 0 Å². The zero-order chi connectivity index (χ0) is 19.2. The molecule has 0 amide bonds. The SMILES string of the molecule is CCC(O)CCCCCC=CC1C(O)CC(O)C1CCCCCC=CO. The summed E-state index contributed by atoms with van der Waals surface area (Å²) in [7, 11) is 0. The van der Waals surface area contributed by atoms with Crippen LogP contribution in [0.25, 0.3) is 0 Å². The third-order valence-corrected chi connectivity index (χ3v) is 5.67. The Kier molecular flexibility index (Phi) is 12.7. The summed E-state index contributed by atoms with van der Waals surface area (Å²) in [5.74, 6) is 0.235. The molecule has 1 aliphatic rings. The molecule has 1 rings (SSSR count). The van der Waals surface area contributed by atoms with E-state index in [4.69, 9.17) is 5.11 Å². The fourth-order valence-corrected chi connectivity index (χ4v) is 3.95. The molecule has 0 spiro atoms. The summed E-state index contributed by atoms with van der Waals surface area (Å²) in [5, 5.41) is 38.7. The van der Waals surface area contributed by atoms with E-state index in [1.54, 1.807) is 6.08 Å². The van der Waals surface area contributed by atoms with E-state index in [2.05, 4.69) is 12.2 Å². The largest absolute Gasteiger partial charge is 0.516 e. The maximum Gasteiger partial charge on any atom is 0.0751 e. The minimum atomic E-state index is -0.428. The van der Waals surface area contributed by atoms with E-state index >= 15 is 0 Å². The Morgan fingerprint density at radius 1 is 0.923 bits per heavy atom. The molecule has 1 fully saturated rings. The first-order valence-electron chi connectivity index (χ1n) is 10.6. The Bertz CT molecular complexity index is 394. The van der Waals surface area contributed by atoms with E-state index < -0.39 is 12.2 Å². The van der Waals surface area contributed by atoms with Gasteiger partial charge in [-0.1, -0.05) is 50.8 Å². The molecule has 1 saturated carbocycles. The van der Waals surface area contributed by atoms with E-state index in [-0.39, 0.29) is 17.9 Å². The number of unbranched alkanes of at least 4 members (excludes halogenated alkanes) is 6. The van der Waals surface area contributed by atoms with Crippen LogP contribution >= 0.6 is 0 Å². The molecule has 5 unspecified atom stereocenters. The van der Waals surface area contributed by atoms with Gasteiger partial charge >= 0.3 is 0 Å². The van der Waals surface area contributed by atoms with Crippen LogP contribution in [0.4, 0.5) is 0 Å². The van der Waals surface area contributed by atoms with Crippen molar-refractivity contribution in [3.05, 3.63) is 24.5 Å². The molecule has 4 heteroatoms. The standard InChI is InChI=1S/C22H40O4/c1-2-18(24)13-9-5-3-6-10-14-19-20(22(26)17-21(19)25)15-11-7-4-8-12-16-23/h10,12,14,16,18-26H,2-9,11,13,15,17H2,1H3. The highest BCUT2D eigenvalue weighted by Crippen LogP contribution is 2.37. The molecule has 0 bridgehead atoms. The van der Waals surface area contributed by atoms with Crippen LogP contribution in [-0.2, 0) is 0 Å². The fourth-order valence-electron chi connectivity index (χ4n) is 3.95. The average molecular weight is 369 g/mol. The minimum Gasteiger partial charge on any atom is -0.516 e. The number of aliphatic hydroxyl groups is 4. The van der Waals surface area contributed by atoms with Gasteiger partial charge in [-0.25, -0.2) is 0 Å². The van der Waals surface area contributed by atoms with E-state index in [9.17, 15) is 15.3 Å². The maximum absolute atomic E-state index is 10.3. The van der Waals surface area contributed by atoms with Gasteiger partial charge in [0.2, 0.25) is 0 Å². The molecule has 4 nitrogen and oxygen atoms in total. The van der Waals surface area contributed by atoms with Crippen molar-refractivity contribution in [3.63, 3.8) is 0 Å². The lowest BCUT2D eigenvalue weighted by atomic mass is 9.88. The minimum absolute atomic E-state index is 0.0734. The number of hydrogen-bond donors (Lipinski definition) is 4. The third-order valence-electron chi connectivity index (χ3n) is 5.67. The lowest BCUT2D eigenvalue weighted by Gasteiger charge is -2.20. The molecular formula is C22H40O4. The summed E-state index contributed by atoms with van der Waals surface area (Å²) < 4.78 is 0. The molecule has 0 saturated heterocycles. The van der Waals surface area contributed by atoms with Crippen LogP contribution in [0, 0.1) is 11.8 Å². The smallest absolute Gasteiger partial charge is 0.0751 e. The number of hydrogen-bond acceptors (Lipinski definition) is 4. The third kappa shape index (κ3) is 9.20. The van der Waals surface area contributed by atoms with Crippen LogP contribution in [0.5, 0.6) is 0 Å². The molecule has 152 valence electrons. The van der Waals surface area contributed by atoms with Gasteiger partial charge in [0.25, 0.3) is 0 Å². The van der Waals surface area contributed by atoms with Gasteiger partial charge in [0, 0.05) is 12.3 Å². The summed E-state index contributed by atoms with van der Waals surface area (Å²) in [6, 6.07) is 0. The van der Waals surface area contributed by atoms with Crippen LogP contribution in [0.15, 0.2) is 24.5 Å². The molecule has 26 heavy (non-hydrogen) atoms. The average Bonchev–Trinajstić information content (AvgIpc) is 2.90. The Morgan fingerprint density at radius 2 is 1.62 bits per heavy atom. The van der Waals surface area contributed by atoms with Gasteiger partial charge < -0.3 is 20.4 Å². The van der Waals surface area contributed by atoms with Crippen molar-refractivity contribution in [1.82, 2.24) is 0 Å². The Labute approximate surface area is 159 Å². The molecule has 0 aromatic carbocycles. The Balaban J connectivity index is 2.25. The topological polar surface area (TPSA) is 80.9 Å². The molecule has 0 radical (unpaired) electrons. The molecule has 4 N–H and O–H groups in total. The van der Waals surface area contributed by atoms with Crippen molar-refractivity contribution >= 4 is 0 Å². The van der Waals surface area contributed by atoms with Crippen molar-refractivity contribution in [3.8, 4) is 0 Å². The molecule has 5 atom stereocenters. The number of rotatable bonds is 14. The Hall–Kier alpha value is -0.840. The van der Waals surface area contributed by atoms with Crippen molar-refractivity contribution in [2.24, 2.45) is 11.8 Å². The monoisotopic (exact) mass is 368 g/mol. The summed E-state index contributed by atoms with van der Waals surface area (Å²) in [6.07, 6.45) is 17.7. The van der Waals surface area contributed by atoms with E-state index in [0.29, 0.717) is 6.42 Å². The molecule has 0 aliphatic heterocycles. The highest BCUT2D eigenvalue weighted by atomic mass is 16.3. The second kappa shape index (κ2) is 14.2.